The van der Waals surface area contributed by atoms with Gasteiger partial charge in [-0.25, -0.2) is 8.78 Å². The van der Waals surface area contributed by atoms with Crippen LogP contribution in [0.2, 0.25) is 0 Å². The number of rotatable bonds is 9. The number of fused-ring (bicyclic) bond motifs is 7. The molecular weight excluding hydrogens is 957 g/mol. The summed E-state index contributed by atoms with van der Waals surface area (Å²) in [5.41, 5.74) is 9.06. The fraction of sp³-hybridized carbons (Fsp3) is 0.0435. The molecule has 4 nitrogen and oxygen atoms in total. The predicted octanol–water partition coefficient (Wildman–Crippen LogP) is 20.6. The Morgan fingerprint density at radius 1 is 0.408 bits per heavy atom. The Bertz CT molecular complexity index is 4670. The van der Waals surface area contributed by atoms with Crippen molar-refractivity contribution in [1.82, 2.24) is 0 Å². The highest BCUT2D eigenvalue weighted by atomic mass is 32.1. The first-order valence-corrected chi connectivity index (χ1v) is 26.5. The minimum Gasteiger partial charge on any atom is -0.456 e. The quantitative estimate of drug-likeness (QED) is 0.134. The number of anilines is 8. The highest BCUT2D eigenvalue weighted by molar-refractivity contribution is 7.25. The molecule has 2 unspecified atom stereocenters. The Morgan fingerprint density at radius 3 is 1.88 bits per heavy atom. The van der Waals surface area contributed by atoms with E-state index in [2.05, 4.69) is 174 Å². The van der Waals surface area contributed by atoms with Crippen molar-refractivity contribution < 1.29 is 13.2 Å². The van der Waals surface area contributed by atoms with Gasteiger partial charge >= 0.3 is 0 Å². The van der Waals surface area contributed by atoms with Crippen molar-refractivity contribution in [3.8, 4) is 0 Å². The first kappa shape index (κ1) is 44.2. The van der Waals surface area contributed by atoms with Gasteiger partial charge in [-0.3, -0.25) is 0 Å². The molecule has 0 radical (unpaired) electrons. The summed E-state index contributed by atoms with van der Waals surface area (Å²) in [5.74, 6) is -0.579. The van der Waals surface area contributed by atoms with E-state index in [0.717, 1.165) is 103 Å². The second kappa shape index (κ2) is 17.4. The zero-order chi connectivity index (χ0) is 50.6. The lowest BCUT2D eigenvalue weighted by Crippen LogP contribution is -2.29. The molecule has 2 atom stereocenters. The summed E-state index contributed by atoms with van der Waals surface area (Å²) in [6.45, 7) is 1.94. The zero-order valence-electron chi connectivity index (χ0n) is 41.2. The molecule has 0 fully saturated rings. The SMILES string of the molecule is CC1C=CC=C(N(c2ccc3oc4cc(N(c5ccc6ccccc6c5)c5ccc6c(c5)sc5ccc(N(c7ccccc7)c7ccccc7F)cc56)ccc4c3c2)c2ccc3ccc4cccc5ccc2c3c45)C1F. The van der Waals surface area contributed by atoms with Crippen LogP contribution in [-0.4, -0.2) is 6.17 Å². The lowest BCUT2D eigenvalue weighted by atomic mass is 9.92. The van der Waals surface area contributed by atoms with Gasteiger partial charge in [-0.2, -0.15) is 0 Å². The molecule has 76 heavy (non-hydrogen) atoms. The second-order valence-electron chi connectivity index (χ2n) is 19.9. The maximum atomic E-state index is 16.8. The molecule has 1 aliphatic rings. The number of benzene rings is 12. The number of allylic oxidation sites excluding steroid dienone is 4. The van der Waals surface area contributed by atoms with Gasteiger partial charge in [0.2, 0.25) is 0 Å². The van der Waals surface area contributed by atoms with E-state index in [1.165, 1.54) is 27.6 Å². The van der Waals surface area contributed by atoms with Crippen LogP contribution in [0.25, 0.3) is 85.2 Å². The topological polar surface area (TPSA) is 22.9 Å². The van der Waals surface area contributed by atoms with Gasteiger partial charge < -0.3 is 19.1 Å². The molecule has 2 heterocycles. The van der Waals surface area contributed by atoms with Crippen LogP contribution in [0, 0.1) is 11.7 Å². The van der Waals surface area contributed by atoms with E-state index in [1.54, 1.807) is 17.4 Å². The fourth-order valence-corrected chi connectivity index (χ4v) is 12.9. The molecule has 14 aromatic rings. The summed E-state index contributed by atoms with van der Waals surface area (Å²) in [5, 5.41) is 13.4. The number of hydrogen-bond donors (Lipinski definition) is 0. The number of halogens is 2. The van der Waals surface area contributed by atoms with Crippen LogP contribution in [-0.2, 0) is 0 Å². The Labute approximate surface area is 440 Å². The fourth-order valence-electron chi connectivity index (χ4n) is 11.8. The molecule has 2 aromatic heterocycles. The van der Waals surface area contributed by atoms with Crippen LogP contribution in [0.4, 0.5) is 54.3 Å². The third-order valence-electron chi connectivity index (χ3n) is 15.4. The lowest BCUT2D eigenvalue weighted by Gasteiger charge is -2.33. The normalized spacial score (nSPS) is 14.8. The molecule has 0 aliphatic heterocycles. The van der Waals surface area contributed by atoms with Gasteiger partial charge in [0, 0.05) is 82.4 Å². The summed E-state index contributed by atoms with van der Waals surface area (Å²) in [4.78, 5) is 6.41. The van der Waals surface area contributed by atoms with Crippen molar-refractivity contribution in [1.29, 1.82) is 0 Å². The molecule has 0 amide bonds. The van der Waals surface area contributed by atoms with Crippen molar-refractivity contribution in [2.75, 3.05) is 14.7 Å². The van der Waals surface area contributed by atoms with Gasteiger partial charge in [-0.15, -0.1) is 11.3 Å². The molecule has 15 rings (SSSR count). The molecule has 0 bridgehead atoms. The van der Waals surface area contributed by atoms with Crippen molar-refractivity contribution in [3.63, 3.8) is 0 Å². The monoisotopic (exact) mass is 1000 g/mol. The molecule has 12 aromatic carbocycles. The Morgan fingerprint density at radius 2 is 1.03 bits per heavy atom. The second-order valence-corrected chi connectivity index (χ2v) is 21.0. The summed E-state index contributed by atoms with van der Waals surface area (Å²) in [6.07, 6.45) is 4.63. The first-order chi connectivity index (χ1) is 37.4. The van der Waals surface area contributed by atoms with Gasteiger partial charge in [-0.1, -0.05) is 134 Å². The molecule has 0 saturated carbocycles. The standard InChI is InChI=1S/C69H45F2N3OS/c1-42-11-9-20-62(69(42)71)74(60-34-25-46-22-21-44-14-10-15-45-24-31-56(60)68(46)67(44)45)51-29-35-63-57(38-51)54-32-27-52(40-64(54)75-63)72(49-26-23-43-12-5-6-13-47(43)37-49)53-28-33-55-58-39-50(30-36-65(58)76-66(55)41-53)73(48-16-3-2-4-17-48)61-19-8-7-18-59(61)70/h2-42,69H,1H3. The predicted molar refractivity (Wildman–Crippen MR) is 317 cm³/mol. The van der Waals surface area contributed by atoms with Crippen molar-refractivity contribution >= 4 is 142 Å². The van der Waals surface area contributed by atoms with Crippen molar-refractivity contribution in [3.05, 3.63) is 254 Å². The van der Waals surface area contributed by atoms with Crippen molar-refractivity contribution in [2.24, 2.45) is 5.92 Å². The summed E-state index contributed by atoms with van der Waals surface area (Å²) in [7, 11) is 0. The third-order valence-corrected chi connectivity index (χ3v) is 16.6. The van der Waals surface area contributed by atoms with Gasteiger partial charge in [-0.05, 0) is 147 Å². The first-order valence-electron chi connectivity index (χ1n) is 25.7. The summed E-state index contributed by atoms with van der Waals surface area (Å²) in [6, 6.07) is 77.3. The number of hydrogen-bond acceptors (Lipinski definition) is 5. The average molecular weight is 1000 g/mol. The molecule has 1 aliphatic carbocycles. The van der Waals surface area contributed by atoms with Crippen LogP contribution in [0.5, 0.6) is 0 Å². The molecule has 362 valence electrons. The van der Waals surface area contributed by atoms with Crippen molar-refractivity contribution in [2.45, 2.75) is 13.1 Å². The van der Waals surface area contributed by atoms with Crippen LogP contribution in [0.3, 0.4) is 0 Å². The molecule has 0 spiro atoms. The molecule has 0 saturated heterocycles. The number of furan rings is 1. The molecule has 0 N–H and O–H groups in total. The van der Waals surface area contributed by atoms with Crippen LogP contribution in [0.1, 0.15) is 6.92 Å². The van der Waals surface area contributed by atoms with E-state index in [0.29, 0.717) is 11.4 Å². The van der Waals surface area contributed by atoms with Crippen LogP contribution < -0.4 is 14.7 Å². The lowest BCUT2D eigenvalue weighted by molar-refractivity contribution is 0.314. The average Bonchev–Trinajstić information content (AvgIpc) is 4.09. The Hall–Kier alpha value is -9.30. The number of nitrogens with zero attached hydrogens (tertiary/aromatic N) is 3. The number of thiophene rings is 1. The third kappa shape index (κ3) is 7.07. The van der Waals surface area contributed by atoms with Gasteiger partial charge in [0.05, 0.1) is 17.1 Å². The van der Waals surface area contributed by atoms with Crippen LogP contribution >= 0.6 is 11.3 Å². The minimum atomic E-state index is -1.22. The van der Waals surface area contributed by atoms with Gasteiger partial charge in [0.25, 0.3) is 0 Å². The summed E-state index contributed by atoms with van der Waals surface area (Å²) < 4.78 is 41.4. The number of para-hydroxylation sites is 2. The van der Waals surface area contributed by atoms with E-state index in [-0.39, 0.29) is 11.7 Å². The highest BCUT2D eigenvalue weighted by Gasteiger charge is 2.30. The van der Waals surface area contributed by atoms with E-state index < -0.39 is 6.17 Å². The maximum Gasteiger partial charge on any atom is 0.147 e. The smallest absolute Gasteiger partial charge is 0.147 e. The van der Waals surface area contributed by atoms with E-state index in [4.69, 9.17) is 4.42 Å². The molecule has 7 heteroatoms. The van der Waals surface area contributed by atoms with Gasteiger partial charge in [0.1, 0.15) is 23.2 Å². The Kier molecular flexibility index (Phi) is 10.1. The maximum absolute atomic E-state index is 16.8. The Balaban J connectivity index is 0.860. The summed E-state index contributed by atoms with van der Waals surface area (Å²) >= 11 is 1.75. The number of alkyl halides is 1. The van der Waals surface area contributed by atoms with Crippen LogP contribution in [0.15, 0.2) is 253 Å². The molecular formula is C69H45F2N3OS. The highest BCUT2D eigenvalue weighted by Crippen LogP contribution is 2.48. The van der Waals surface area contributed by atoms with E-state index >= 15 is 8.78 Å². The largest absolute Gasteiger partial charge is 0.456 e. The minimum absolute atomic E-state index is 0.287. The van der Waals surface area contributed by atoms with Gasteiger partial charge in [0.15, 0.2) is 0 Å². The zero-order valence-corrected chi connectivity index (χ0v) is 42.0. The van der Waals surface area contributed by atoms with E-state index in [1.807, 2.05) is 78.6 Å². The van der Waals surface area contributed by atoms with E-state index in [9.17, 15) is 0 Å².